The molecular formula is C30H27N3O4S2. The molecule has 0 fully saturated rings. The molecule has 0 atom stereocenters. The van der Waals surface area contributed by atoms with Gasteiger partial charge in [0.1, 0.15) is 0 Å². The molecule has 1 N–H and O–H groups in total. The Morgan fingerprint density at radius 3 is 2.18 bits per heavy atom. The summed E-state index contributed by atoms with van der Waals surface area (Å²) in [4.78, 5) is 25.5. The molecule has 39 heavy (non-hydrogen) atoms. The van der Waals surface area contributed by atoms with Gasteiger partial charge in [-0.15, -0.1) is 0 Å². The number of sulfonamides is 1. The number of amides is 1. The SMILES string of the molecule is CC(C)n1c(=O)sc2cc(NC(=O)c3ccc(CN(c4ccccc4)S(=O)(=O)c4ccccc4)cc3)ccc21. The fourth-order valence-corrected chi connectivity index (χ4v) is 6.89. The van der Waals surface area contributed by atoms with E-state index in [9.17, 15) is 18.0 Å². The van der Waals surface area contributed by atoms with Gasteiger partial charge in [0, 0.05) is 17.3 Å². The largest absolute Gasteiger partial charge is 0.322 e. The van der Waals surface area contributed by atoms with Gasteiger partial charge in [-0.2, -0.15) is 0 Å². The second kappa shape index (κ2) is 10.9. The van der Waals surface area contributed by atoms with Crippen molar-refractivity contribution in [2.45, 2.75) is 31.3 Å². The molecule has 1 aromatic heterocycles. The number of carbonyl (C=O) groups excluding carboxylic acids is 1. The van der Waals surface area contributed by atoms with Crippen molar-refractivity contribution in [3.05, 3.63) is 124 Å². The Bertz CT molecular complexity index is 1780. The molecule has 0 unspecified atom stereocenters. The number of hydrogen-bond acceptors (Lipinski definition) is 5. The maximum atomic E-state index is 13.5. The quantitative estimate of drug-likeness (QED) is 0.243. The van der Waals surface area contributed by atoms with Crippen LogP contribution in [0, 0.1) is 0 Å². The molecule has 0 bridgehead atoms. The number of anilines is 2. The molecular weight excluding hydrogens is 530 g/mol. The maximum absolute atomic E-state index is 13.5. The van der Waals surface area contributed by atoms with Crippen molar-refractivity contribution in [2.75, 3.05) is 9.62 Å². The van der Waals surface area contributed by atoms with Gasteiger partial charge in [-0.25, -0.2) is 8.42 Å². The first-order valence-corrected chi connectivity index (χ1v) is 14.7. The van der Waals surface area contributed by atoms with Gasteiger partial charge in [-0.1, -0.05) is 59.9 Å². The van der Waals surface area contributed by atoms with E-state index in [2.05, 4.69) is 5.32 Å². The predicted octanol–water partition coefficient (Wildman–Crippen LogP) is 6.29. The van der Waals surface area contributed by atoms with Gasteiger partial charge in [-0.3, -0.25) is 18.5 Å². The highest BCUT2D eigenvalue weighted by Gasteiger charge is 2.25. The number of nitrogens with one attached hydrogen (secondary N) is 1. The molecule has 1 heterocycles. The number of para-hydroxylation sites is 1. The summed E-state index contributed by atoms with van der Waals surface area (Å²) in [6.45, 7) is 4.03. The Hall–Kier alpha value is -4.21. The summed E-state index contributed by atoms with van der Waals surface area (Å²) in [5, 5.41) is 2.89. The zero-order chi connectivity index (χ0) is 27.6. The molecule has 198 valence electrons. The molecule has 5 rings (SSSR count). The molecule has 0 radical (unpaired) electrons. The Morgan fingerprint density at radius 1 is 0.897 bits per heavy atom. The first-order valence-electron chi connectivity index (χ1n) is 12.4. The van der Waals surface area contributed by atoms with Crippen molar-refractivity contribution in [2.24, 2.45) is 0 Å². The van der Waals surface area contributed by atoms with E-state index in [-0.39, 0.29) is 28.3 Å². The Morgan fingerprint density at radius 2 is 1.54 bits per heavy atom. The van der Waals surface area contributed by atoms with Crippen molar-refractivity contribution in [3.8, 4) is 0 Å². The van der Waals surface area contributed by atoms with E-state index in [1.165, 1.54) is 4.31 Å². The van der Waals surface area contributed by atoms with Crippen molar-refractivity contribution >= 4 is 48.9 Å². The van der Waals surface area contributed by atoms with E-state index in [1.807, 2.05) is 26.0 Å². The van der Waals surface area contributed by atoms with Crippen LogP contribution in [0.5, 0.6) is 0 Å². The van der Waals surface area contributed by atoms with Crippen molar-refractivity contribution in [1.29, 1.82) is 0 Å². The van der Waals surface area contributed by atoms with Crippen LogP contribution in [-0.2, 0) is 16.6 Å². The van der Waals surface area contributed by atoms with E-state index in [1.54, 1.807) is 95.6 Å². The molecule has 9 heteroatoms. The number of nitrogens with zero attached hydrogens (tertiary/aromatic N) is 2. The van der Waals surface area contributed by atoms with Crippen LogP contribution in [0.4, 0.5) is 11.4 Å². The molecule has 0 aliphatic heterocycles. The number of aromatic nitrogens is 1. The van der Waals surface area contributed by atoms with Gasteiger partial charge >= 0.3 is 4.87 Å². The van der Waals surface area contributed by atoms with Crippen LogP contribution in [0.25, 0.3) is 10.2 Å². The average molecular weight is 558 g/mol. The Labute approximate surface area is 231 Å². The van der Waals surface area contributed by atoms with Gasteiger partial charge < -0.3 is 5.32 Å². The van der Waals surface area contributed by atoms with E-state index in [4.69, 9.17) is 0 Å². The van der Waals surface area contributed by atoms with Crippen LogP contribution in [0.2, 0.25) is 0 Å². The normalized spacial score (nSPS) is 11.6. The van der Waals surface area contributed by atoms with Crippen molar-refractivity contribution < 1.29 is 13.2 Å². The van der Waals surface area contributed by atoms with Crippen LogP contribution < -0.4 is 14.5 Å². The third-order valence-corrected chi connectivity index (χ3v) is 9.01. The van der Waals surface area contributed by atoms with E-state index < -0.39 is 10.0 Å². The van der Waals surface area contributed by atoms with Gasteiger partial charge in [0.15, 0.2) is 0 Å². The second-order valence-electron chi connectivity index (χ2n) is 9.33. The van der Waals surface area contributed by atoms with Crippen molar-refractivity contribution in [1.82, 2.24) is 4.57 Å². The van der Waals surface area contributed by atoms with Crippen LogP contribution >= 0.6 is 11.3 Å². The first-order chi connectivity index (χ1) is 18.7. The summed E-state index contributed by atoms with van der Waals surface area (Å²) in [5.41, 5.74) is 3.15. The standard InChI is InChI=1S/C30H27N3O4S2/c1-21(2)33-27-18-17-24(19-28(27)38-30(33)35)31-29(34)23-15-13-22(14-16-23)20-32(25-9-5-3-6-10-25)39(36,37)26-11-7-4-8-12-26/h3-19,21H,20H2,1-2H3,(H,31,34). The number of rotatable bonds is 8. The topological polar surface area (TPSA) is 88.5 Å². The van der Waals surface area contributed by atoms with Gasteiger partial charge in [-0.05, 0) is 74.0 Å². The lowest BCUT2D eigenvalue weighted by Crippen LogP contribution is -2.30. The zero-order valence-corrected chi connectivity index (χ0v) is 23.1. The summed E-state index contributed by atoms with van der Waals surface area (Å²) in [7, 11) is -3.81. The Kier molecular flexibility index (Phi) is 7.36. The smallest absolute Gasteiger partial charge is 0.308 e. The average Bonchev–Trinajstić information content (AvgIpc) is 3.28. The highest BCUT2D eigenvalue weighted by molar-refractivity contribution is 7.92. The monoisotopic (exact) mass is 557 g/mol. The van der Waals surface area contributed by atoms with Crippen LogP contribution in [0.3, 0.4) is 0 Å². The molecule has 0 saturated heterocycles. The van der Waals surface area contributed by atoms with E-state index >= 15 is 0 Å². The minimum atomic E-state index is -3.81. The van der Waals surface area contributed by atoms with Gasteiger partial charge in [0.05, 0.1) is 27.3 Å². The lowest BCUT2D eigenvalue weighted by Gasteiger charge is -2.25. The molecule has 4 aromatic carbocycles. The lowest BCUT2D eigenvalue weighted by molar-refractivity contribution is 0.102. The summed E-state index contributed by atoms with van der Waals surface area (Å²) in [5.74, 6) is -0.298. The summed E-state index contributed by atoms with van der Waals surface area (Å²) >= 11 is 1.15. The lowest BCUT2D eigenvalue weighted by atomic mass is 10.1. The summed E-state index contributed by atoms with van der Waals surface area (Å²) in [6.07, 6.45) is 0. The van der Waals surface area contributed by atoms with Crippen molar-refractivity contribution in [3.63, 3.8) is 0 Å². The molecule has 5 aromatic rings. The number of thiazole rings is 1. The molecule has 0 saturated carbocycles. The van der Waals surface area contributed by atoms with Crippen LogP contribution in [-0.4, -0.2) is 18.9 Å². The fourth-order valence-electron chi connectivity index (χ4n) is 4.36. The zero-order valence-electron chi connectivity index (χ0n) is 21.4. The second-order valence-corrected chi connectivity index (χ2v) is 12.2. The highest BCUT2D eigenvalue weighted by atomic mass is 32.2. The Balaban J connectivity index is 1.36. The predicted molar refractivity (Wildman–Crippen MR) is 157 cm³/mol. The van der Waals surface area contributed by atoms with Crippen LogP contribution in [0.1, 0.15) is 35.8 Å². The van der Waals surface area contributed by atoms with Gasteiger partial charge in [0.2, 0.25) is 0 Å². The van der Waals surface area contributed by atoms with E-state index in [0.29, 0.717) is 16.9 Å². The molecule has 1 amide bonds. The highest BCUT2D eigenvalue weighted by Crippen LogP contribution is 2.27. The number of benzene rings is 4. The van der Waals surface area contributed by atoms with Gasteiger partial charge in [0.25, 0.3) is 15.9 Å². The van der Waals surface area contributed by atoms with Crippen LogP contribution in [0.15, 0.2) is 113 Å². The number of carbonyl (C=O) groups is 1. The molecule has 0 spiro atoms. The fraction of sp³-hybridized carbons (Fsp3) is 0.133. The van der Waals surface area contributed by atoms with E-state index in [0.717, 1.165) is 27.1 Å². The summed E-state index contributed by atoms with van der Waals surface area (Å²) in [6, 6.07) is 29.6. The third kappa shape index (κ3) is 5.50. The molecule has 0 aliphatic rings. The number of hydrogen-bond donors (Lipinski definition) is 1. The molecule has 0 aliphatic carbocycles. The minimum Gasteiger partial charge on any atom is -0.322 e. The number of fused-ring (bicyclic) bond motifs is 1. The third-order valence-electron chi connectivity index (χ3n) is 6.31. The molecule has 7 nitrogen and oxygen atoms in total. The maximum Gasteiger partial charge on any atom is 0.308 e. The minimum absolute atomic E-state index is 0.0297. The summed E-state index contributed by atoms with van der Waals surface area (Å²) < 4.78 is 30.9. The first kappa shape index (κ1) is 26.4.